The molecule has 0 bridgehead atoms. The number of guanidine groups is 1. The monoisotopic (exact) mass is 347 g/mol. The first kappa shape index (κ1) is 17.9. The van der Waals surface area contributed by atoms with Crippen LogP contribution in [-0.2, 0) is 17.9 Å². The summed E-state index contributed by atoms with van der Waals surface area (Å²) in [6.45, 7) is 0.879. The third kappa shape index (κ3) is 6.70. The van der Waals surface area contributed by atoms with E-state index in [1.54, 1.807) is 18.2 Å². The molecule has 1 aliphatic heterocycles. The summed E-state index contributed by atoms with van der Waals surface area (Å²) >= 11 is 1.90. The maximum absolute atomic E-state index is 12.1. The number of nitrogens with two attached hydrogens (primary N) is 1. The van der Waals surface area contributed by atoms with E-state index in [0.717, 1.165) is 30.2 Å². The minimum Gasteiger partial charge on any atom is -0.370 e. The van der Waals surface area contributed by atoms with E-state index in [1.165, 1.54) is 0 Å². The van der Waals surface area contributed by atoms with Gasteiger partial charge < -0.3 is 15.4 Å². The third-order valence-corrected chi connectivity index (χ3v) is 4.23. The van der Waals surface area contributed by atoms with Crippen molar-refractivity contribution in [3.63, 3.8) is 0 Å². The first-order chi connectivity index (χ1) is 10.9. The zero-order chi connectivity index (χ0) is 16.7. The van der Waals surface area contributed by atoms with Crippen molar-refractivity contribution in [3.05, 3.63) is 35.4 Å². The van der Waals surface area contributed by atoms with Crippen molar-refractivity contribution >= 4 is 17.7 Å². The fourth-order valence-corrected chi connectivity index (χ4v) is 3.07. The summed E-state index contributed by atoms with van der Waals surface area (Å²) in [6.07, 6.45) is -4.30. The molecule has 1 aromatic rings. The molecule has 8 heteroatoms. The summed E-state index contributed by atoms with van der Waals surface area (Å²) in [5.74, 6) is 2.61. The van der Waals surface area contributed by atoms with Gasteiger partial charge in [0.1, 0.15) is 6.61 Å². The molecule has 0 atom stereocenters. The molecule has 1 aromatic carbocycles. The number of benzene rings is 1. The molecule has 128 valence electrons. The van der Waals surface area contributed by atoms with Gasteiger partial charge in [0.2, 0.25) is 0 Å². The molecule has 23 heavy (non-hydrogen) atoms. The van der Waals surface area contributed by atoms with Crippen LogP contribution in [0.5, 0.6) is 0 Å². The van der Waals surface area contributed by atoms with Crippen LogP contribution < -0.4 is 5.73 Å². The lowest BCUT2D eigenvalue weighted by atomic mass is 10.1. The molecule has 0 unspecified atom stereocenters. The van der Waals surface area contributed by atoms with Crippen molar-refractivity contribution in [2.75, 3.05) is 31.2 Å². The first-order valence-electron chi connectivity index (χ1n) is 7.29. The van der Waals surface area contributed by atoms with E-state index < -0.39 is 12.8 Å². The van der Waals surface area contributed by atoms with E-state index >= 15 is 0 Å². The van der Waals surface area contributed by atoms with Gasteiger partial charge in [-0.2, -0.15) is 24.9 Å². The number of hydrogen-bond acceptors (Lipinski definition) is 3. The second-order valence-electron chi connectivity index (χ2n) is 5.20. The van der Waals surface area contributed by atoms with E-state index in [9.17, 15) is 13.2 Å². The number of thioether (sulfide) groups is 1. The average Bonchev–Trinajstić information content (AvgIpc) is 2.53. The van der Waals surface area contributed by atoms with Crippen LogP contribution in [0, 0.1) is 0 Å². The largest absolute Gasteiger partial charge is 0.411 e. The summed E-state index contributed by atoms with van der Waals surface area (Å²) in [4.78, 5) is 6.42. The van der Waals surface area contributed by atoms with Crippen molar-refractivity contribution in [3.8, 4) is 0 Å². The Hall–Kier alpha value is -1.41. The summed E-state index contributed by atoms with van der Waals surface area (Å²) in [7, 11) is 0. The Morgan fingerprint density at radius 1 is 1.26 bits per heavy atom. The number of hydrogen-bond donors (Lipinski definition) is 1. The number of rotatable bonds is 5. The number of halogens is 3. The Bertz CT molecular complexity index is 531. The fourth-order valence-electron chi connectivity index (χ4n) is 2.17. The molecule has 0 saturated carbocycles. The molecule has 4 nitrogen and oxygen atoms in total. The van der Waals surface area contributed by atoms with Gasteiger partial charge in [-0.25, -0.2) is 4.99 Å². The van der Waals surface area contributed by atoms with Crippen LogP contribution in [0.4, 0.5) is 13.2 Å². The second kappa shape index (κ2) is 8.44. The normalized spacial score (nSPS) is 16.7. The van der Waals surface area contributed by atoms with Gasteiger partial charge in [-0.3, -0.25) is 0 Å². The van der Waals surface area contributed by atoms with Crippen molar-refractivity contribution in [1.82, 2.24) is 4.90 Å². The number of nitrogens with zero attached hydrogens (tertiary/aromatic N) is 2. The quantitative estimate of drug-likeness (QED) is 0.657. The lowest BCUT2D eigenvalue weighted by Gasteiger charge is -2.27. The van der Waals surface area contributed by atoms with Crippen LogP contribution in [0.15, 0.2) is 29.3 Å². The second-order valence-corrected chi connectivity index (χ2v) is 6.43. The smallest absolute Gasteiger partial charge is 0.370 e. The van der Waals surface area contributed by atoms with Crippen LogP contribution in [0.25, 0.3) is 0 Å². The number of alkyl halides is 3. The maximum atomic E-state index is 12.1. The SMILES string of the molecule is NC(=NCc1cccc(COCC(F)(F)F)c1)N1CCSCC1. The molecule has 0 amide bonds. The van der Waals surface area contributed by atoms with E-state index in [2.05, 4.69) is 9.73 Å². The van der Waals surface area contributed by atoms with Crippen molar-refractivity contribution < 1.29 is 17.9 Å². The van der Waals surface area contributed by atoms with Gasteiger partial charge in [-0.15, -0.1) is 0 Å². The Labute approximate surface area is 137 Å². The van der Waals surface area contributed by atoms with Crippen LogP contribution in [0.1, 0.15) is 11.1 Å². The van der Waals surface area contributed by atoms with E-state index in [0.29, 0.717) is 18.1 Å². The molecule has 0 aromatic heterocycles. The molecule has 1 saturated heterocycles. The fraction of sp³-hybridized carbons (Fsp3) is 0.533. The van der Waals surface area contributed by atoms with Gasteiger partial charge in [0, 0.05) is 24.6 Å². The van der Waals surface area contributed by atoms with Crippen molar-refractivity contribution in [2.45, 2.75) is 19.3 Å². The predicted molar refractivity (Wildman–Crippen MR) is 86.4 cm³/mol. The standard InChI is InChI=1S/C15H20F3N3OS/c16-15(17,18)11-22-10-13-3-1-2-12(8-13)9-20-14(19)21-4-6-23-7-5-21/h1-3,8H,4-7,9-11H2,(H2,19,20). The molecular weight excluding hydrogens is 327 g/mol. The third-order valence-electron chi connectivity index (χ3n) is 3.28. The molecule has 1 fully saturated rings. The van der Waals surface area contributed by atoms with Crippen LogP contribution in [-0.4, -0.2) is 48.2 Å². The van der Waals surface area contributed by atoms with Crippen LogP contribution in [0.3, 0.4) is 0 Å². The number of aliphatic imine (C=N–C) groups is 1. The first-order valence-corrected chi connectivity index (χ1v) is 8.44. The van der Waals surface area contributed by atoms with E-state index in [-0.39, 0.29) is 6.61 Å². The Morgan fingerprint density at radius 2 is 1.96 bits per heavy atom. The minimum absolute atomic E-state index is 0.0735. The molecule has 2 N–H and O–H groups in total. The molecule has 0 radical (unpaired) electrons. The summed E-state index contributed by atoms with van der Waals surface area (Å²) in [5, 5.41) is 0. The Morgan fingerprint density at radius 3 is 2.65 bits per heavy atom. The Kier molecular flexibility index (Phi) is 6.59. The van der Waals surface area contributed by atoms with E-state index in [4.69, 9.17) is 5.73 Å². The topological polar surface area (TPSA) is 50.9 Å². The van der Waals surface area contributed by atoms with E-state index in [1.807, 2.05) is 22.7 Å². The van der Waals surface area contributed by atoms with Gasteiger partial charge in [0.15, 0.2) is 5.96 Å². The molecule has 0 aliphatic carbocycles. The van der Waals surface area contributed by atoms with Gasteiger partial charge in [0.05, 0.1) is 13.2 Å². The molecule has 1 heterocycles. The van der Waals surface area contributed by atoms with Crippen LogP contribution in [0.2, 0.25) is 0 Å². The van der Waals surface area contributed by atoms with Gasteiger partial charge >= 0.3 is 6.18 Å². The predicted octanol–water partition coefficient (Wildman–Crippen LogP) is 2.63. The van der Waals surface area contributed by atoms with Gasteiger partial charge in [0.25, 0.3) is 0 Å². The maximum Gasteiger partial charge on any atom is 0.411 e. The zero-order valence-electron chi connectivity index (χ0n) is 12.7. The highest BCUT2D eigenvalue weighted by molar-refractivity contribution is 7.99. The van der Waals surface area contributed by atoms with Gasteiger partial charge in [-0.1, -0.05) is 24.3 Å². The summed E-state index contributed by atoms with van der Waals surface area (Å²) < 4.78 is 40.8. The summed E-state index contributed by atoms with van der Waals surface area (Å²) in [5.41, 5.74) is 7.56. The highest BCUT2D eigenvalue weighted by atomic mass is 32.2. The summed E-state index contributed by atoms with van der Waals surface area (Å²) in [6, 6.07) is 7.18. The molecule has 2 rings (SSSR count). The van der Waals surface area contributed by atoms with Crippen molar-refractivity contribution in [2.24, 2.45) is 10.7 Å². The lowest BCUT2D eigenvalue weighted by Crippen LogP contribution is -2.42. The zero-order valence-corrected chi connectivity index (χ0v) is 13.5. The highest BCUT2D eigenvalue weighted by Crippen LogP contribution is 2.16. The van der Waals surface area contributed by atoms with Crippen LogP contribution >= 0.6 is 11.8 Å². The van der Waals surface area contributed by atoms with Gasteiger partial charge in [-0.05, 0) is 11.1 Å². The Balaban J connectivity index is 1.86. The molecule has 0 spiro atoms. The highest BCUT2D eigenvalue weighted by Gasteiger charge is 2.27. The molecular formula is C15H20F3N3OS. The molecule has 1 aliphatic rings. The van der Waals surface area contributed by atoms with Crippen molar-refractivity contribution in [1.29, 1.82) is 0 Å². The average molecular weight is 347 g/mol. The minimum atomic E-state index is -4.30. The lowest BCUT2D eigenvalue weighted by molar-refractivity contribution is -0.176. The number of ether oxygens (including phenoxy) is 1.